The normalized spacial score (nSPS) is 17.2. The molecule has 0 unspecified atom stereocenters. The van der Waals surface area contributed by atoms with E-state index in [0.29, 0.717) is 24.5 Å². The molecule has 1 aliphatic heterocycles. The number of benzene rings is 1. The fourth-order valence-corrected chi connectivity index (χ4v) is 5.80. The molecule has 0 aliphatic carbocycles. The monoisotopic (exact) mass is 573 g/mol. The smallest absolute Gasteiger partial charge is 0.355 e. The zero-order chi connectivity index (χ0) is 30.5. The van der Waals surface area contributed by atoms with E-state index in [9.17, 15) is 9.59 Å². The van der Waals surface area contributed by atoms with Crippen LogP contribution in [0.1, 0.15) is 44.9 Å². The largest absolute Gasteiger partial charge is 0.398 e. The first-order chi connectivity index (χ1) is 19.9. The van der Waals surface area contributed by atoms with Gasteiger partial charge in [-0.15, -0.1) is 0 Å². The van der Waals surface area contributed by atoms with Gasteiger partial charge in [0.05, 0.1) is 22.3 Å². The molecule has 0 spiro atoms. The van der Waals surface area contributed by atoms with Crippen LogP contribution in [0.25, 0.3) is 28.0 Å². The van der Waals surface area contributed by atoms with Crippen molar-refractivity contribution in [1.82, 2.24) is 24.4 Å². The zero-order valence-corrected chi connectivity index (χ0v) is 24.2. The molecule has 5 rings (SSSR count). The van der Waals surface area contributed by atoms with Crippen molar-refractivity contribution in [2.45, 2.75) is 52.6 Å². The molecule has 1 saturated heterocycles. The molecule has 218 valence electrons. The summed E-state index contributed by atoms with van der Waals surface area (Å²) in [4.78, 5) is 43.6. The van der Waals surface area contributed by atoms with Gasteiger partial charge in [-0.3, -0.25) is 9.78 Å². The van der Waals surface area contributed by atoms with E-state index in [2.05, 4.69) is 21.5 Å². The number of halogens is 2. The Labute approximate surface area is 242 Å². The molecule has 42 heavy (non-hydrogen) atoms. The Hall–Kier alpha value is -4.67. The van der Waals surface area contributed by atoms with E-state index in [1.165, 1.54) is 34.9 Å². The predicted octanol–water partition coefficient (Wildman–Crippen LogP) is 4.75. The van der Waals surface area contributed by atoms with Crippen LogP contribution in [0.3, 0.4) is 0 Å². The maximum absolute atomic E-state index is 15.9. The number of hydrogen-bond acceptors (Lipinski definition) is 7. The van der Waals surface area contributed by atoms with E-state index >= 15 is 8.78 Å². The van der Waals surface area contributed by atoms with Gasteiger partial charge in [-0.1, -0.05) is 26.5 Å². The van der Waals surface area contributed by atoms with Crippen LogP contribution in [-0.2, 0) is 4.79 Å². The highest BCUT2D eigenvalue weighted by Gasteiger charge is 2.34. The van der Waals surface area contributed by atoms with Gasteiger partial charge in [-0.2, -0.15) is 4.98 Å². The molecule has 2 N–H and O–H groups in total. The number of piperazine rings is 1. The SMILES string of the molecule is C=CC(=O)N1C[C@@H](C)N(c2nc(=O)n(-c3c(C)ccnc3C(C)C)c3nc(-c4c(N)cccc4F)c(F)cc23)[C@@H](C)C1. The lowest BCUT2D eigenvalue weighted by Gasteiger charge is -2.45. The minimum absolute atomic E-state index is 0.00889. The van der Waals surface area contributed by atoms with Crippen molar-refractivity contribution in [1.29, 1.82) is 0 Å². The van der Waals surface area contributed by atoms with E-state index in [1.807, 2.05) is 39.5 Å². The van der Waals surface area contributed by atoms with Crippen molar-refractivity contribution in [2.75, 3.05) is 23.7 Å². The van der Waals surface area contributed by atoms with Crippen LogP contribution in [0.15, 0.2) is 54.0 Å². The van der Waals surface area contributed by atoms with Gasteiger partial charge in [0.15, 0.2) is 11.5 Å². The summed E-state index contributed by atoms with van der Waals surface area (Å²) in [5, 5.41) is 0.255. The summed E-state index contributed by atoms with van der Waals surface area (Å²) in [7, 11) is 0. The molecule has 3 aromatic heterocycles. The number of rotatable bonds is 5. The quantitative estimate of drug-likeness (QED) is 0.271. The molecule has 1 amide bonds. The first kappa shape index (κ1) is 28.8. The summed E-state index contributed by atoms with van der Waals surface area (Å²) >= 11 is 0. The molecule has 4 aromatic rings. The molecular weight excluding hydrogens is 540 g/mol. The molecule has 0 bridgehead atoms. The van der Waals surface area contributed by atoms with Gasteiger partial charge in [0.1, 0.15) is 17.3 Å². The van der Waals surface area contributed by atoms with E-state index < -0.39 is 17.3 Å². The number of carbonyl (C=O) groups excluding carboxylic acids is 1. The van der Waals surface area contributed by atoms with Gasteiger partial charge in [0.2, 0.25) is 5.91 Å². The summed E-state index contributed by atoms with van der Waals surface area (Å²) in [6, 6.07) is 6.51. The van der Waals surface area contributed by atoms with Crippen molar-refractivity contribution >= 4 is 28.4 Å². The second kappa shape index (κ2) is 11.0. The van der Waals surface area contributed by atoms with E-state index in [0.717, 1.165) is 5.56 Å². The number of aryl methyl sites for hydroxylation is 1. The molecular formula is C31H33F2N7O2. The number of hydrogen-bond donors (Lipinski definition) is 1. The van der Waals surface area contributed by atoms with E-state index in [-0.39, 0.29) is 57.7 Å². The summed E-state index contributed by atoms with van der Waals surface area (Å²) in [6.07, 6.45) is 2.93. The summed E-state index contributed by atoms with van der Waals surface area (Å²) in [5.74, 6) is -1.60. The van der Waals surface area contributed by atoms with Gasteiger partial charge in [0, 0.05) is 37.1 Å². The lowest BCUT2D eigenvalue weighted by atomic mass is 10.0. The Balaban J connectivity index is 1.86. The van der Waals surface area contributed by atoms with Gasteiger partial charge in [0.25, 0.3) is 0 Å². The highest BCUT2D eigenvalue weighted by atomic mass is 19.1. The topological polar surface area (TPSA) is 110 Å². The lowest BCUT2D eigenvalue weighted by molar-refractivity contribution is -0.127. The molecule has 4 heterocycles. The van der Waals surface area contributed by atoms with Crippen molar-refractivity contribution in [2.24, 2.45) is 0 Å². The average Bonchev–Trinajstić information content (AvgIpc) is 2.93. The molecule has 0 radical (unpaired) electrons. The van der Waals surface area contributed by atoms with Crippen LogP contribution in [0.2, 0.25) is 0 Å². The number of fused-ring (bicyclic) bond motifs is 1. The van der Waals surface area contributed by atoms with Crippen molar-refractivity contribution < 1.29 is 13.6 Å². The Bertz CT molecular complexity index is 1750. The molecule has 0 saturated carbocycles. The second-order valence-electron chi connectivity index (χ2n) is 11.0. The van der Waals surface area contributed by atoms with Crippen LogP contribution >= 0.6 is 0 Å². The minimum Gasteiger partial charge on any atom is -0.398 e. The number of pyridine rings is 2. The van der Waals surface area contributed by atoms with Gasteiger partial charge in [-0.05, 0) is 62.6 Å². The Kier molecular flexibility index (Phi) is 7.53. The fourth-order valence-electron chi connectivity index (χ4n) is 5.80. The van der Waals surface area contributed by atoms with Gasteiger partial charge < -0.3 is 15.5 Å². The fraction of sp³-hybridized carbons (Fsp3) is 0.323. The van der Waals surface area contributed by atoms with Crippen LogP contribution in [-0.4, -0.2) is 55.5 Å². The summed E-state index contributed by atoms with van der Waals surface area (Å²) in [5.41, 5.74) is 6.87. The maximum atomic E-state index is 15.9. The number of anilines is 2. The number of aromatic nitrogens is 4. The third-order valence-corrected chi connectivity index (χ3v) is 7.66. The van der Waals surface area contributed by atoms with Crippen molar-refractivity contribution in [3.63, 3.8) is 0 Å². The number of nitrogens with two attached hydrogens (primary N) is 1. The van der Waals surface area contributed by atoms with Crippen LogP contribution in [0, 0.1) is 18.6 Å². The standard InChI is InChI=1S/C31H33F2N7O2/c1-7-24(41)38-14-18(5)39(19(6)15-38)30-20-13-22(33)27(25-21(32)9-8-10-23(25)34)36-29(20)40(31(42)37-30)28-17(4)11-12-35-26(28)16(2)3/h7-13,16,18-19H,1,14-15,34H2,2-6H3/t18-,19+. The molecule has 9 nitrogen and oxygen atoms in total. The zero-order valence-electron chi connectivity index (χ0n) is 24.2. The summed E-state index contributed by atoms with van der Waals surface area (Å²) < 4.78 is 32.3. The number of amides is 1. The first-order valence-corrected chi connectivity index (χ1v) is 13.8. The predicted molar refractivity (Wildman–Crippen MR) is 160 cm³/mol. The minimum atomic E-state index is -0.819. The van der Waals surface area contributed by atoms with Gasteiger partial charge >= 0.3 is 5.69 Å². The Morgan fingerprint density at radius 2 is 1.81 bits per heavy atom. The number of nitrogens with zero attached hydrogens (tertiary/aromatic N) is 6. The molecule has 1 aromatic carbocycles. The highest BCUT2D eigenvalue weighted by Crippen LogP contribution is 2.36. The molecule has 11 heteroatoms. The van der Waals surface area contributed by atoms with Crippen LogP contribution in [0.4, 0.5) is 20.3 Å². The first-order valence-electron chi connectivity index (χ1n) is 13.8. The Morgan fingerprint density at radius 3 is 2.43 bits per heavy atom. The average molecular weight is 574 g/mol. The lowest BCUT2D eigenvalue weighted by Crippen LogP contribution is -2.58. The number of carbonyl (C=O) groups is 1. The molecule has 2 atom stereocenters. The highest BCUT2D eigenvalue weighted by molar-refractivity contribution is 5.92. The second-order valence-corrected chi connectivity index (χ2v) is 11.0. The third kappa shape index (κ3) is 4.78. The van der Waals surface area contributed by atoms with Crippen LogP contribution < -0.4 is 16.3 Å². The van der Waals surface area contributed by atoms with Crippen molar-refractivity contribution in [3.8, 4) is 16.9 Å². The Morgan fingerprint density at radius 1 is 1.12 bits per heavy atom. The number of nitrogen functional groups attached to an aromatic ring is 1. The maximum Gasteiger partial charge on any atom is 0.355 e. The van der Waals surface area contributed by atoms with E-state index in [4.69, 9.17) is 5.73 Å². The molecule has 1 aliphatic rings. The third-order valence-electron chi connectivity index (χ3n) is 7.66. The van der Waals surface area contributed by atoms with Gasteiger partial charge in [-0.25, -0.2) is 23.1 Å². The van der Waals surface area contributed by atoms with Crippen LogP contribution in [0.5, 0.6) is 0 Å². The molecule has 1 fully saturated rings. The summed E-state index contributed by atoms with van der Waals surface area (Å²) in [6.45, 7) is 13.8. The van der Waals surface area contributed by atoms with E-state index in [1.54, 1.807) is 17.2 Å². The van der Waals surface area contributed by atoms with Crippen molar-refractivity contribution in [3.05, 3.63) is 82.6 Å².